The lowest BCUT2D eigenvalue weighted by Crippen LogP contribution is -2.49. The third kappa shape index (κ3) is 7.13. The Bertz CT molecular complexity index is 849. The van der Waals surface area contributed by atoms with Crippen LogP contribution in [0.1, 0.15) is 12.0 Å². The van der Waals surface area contributed by atoms with Crippen molar-refractivity contribution in [2.75, 3.05) is 44.7 Å². The molecule has 3 rings (SSSR count). The van der Waals surface area contributed by atoms with Crippen LogP contribution >= 0.6 is 0 Å². The van der Waals surface area contributed by atoms with E-state index in [9.17, 15) is 22.4 Å². The number of hydrogen-bond acceptors (Lipinski definition) is 4. The van der Waals surface area contributed by atoms with Crippen molar-refractivity contribution in [3.05, 3.63) is 59.9 Å². The lowest BCUT2D eigenvalue weighted by Gasteiger charge is -2.36. The van der Waals surface area contributed by atoms with Crippen LogP contribution in [0.5, 0.6) is 5.75 Å². The fourth-order valence-corrected chi connectivity index (χ4v) is 3.50. The molecule has 0 N–H and O–H groups in total. The van der Waals surface area contributed by atoms with E-state index in [2.05, 4.69) is 9.64 Å². The number of alkyl halides is 3. The van der Waals surface area contributed by atoms with E-state index in [-0.39, 0.29) is 17.5 Å². The molecule has 0 spiro atoms. The van der Waals surface area contributed by atoms with Crippen LogP contribution in [-0.2, 0) is 11.3 Å². The molecule has 31 heavy (non-hydrogen) atoms. The SMILES string of the molecule is CN(CCC(=O)N1CCN(c2ccc(F)cc2)CC1)Cc1ccc(OC(F)(F)F)cc1. The van der Waals surface area contributed by atoms with Gasteiger partial charge in [0, 0.05) is 51.4 Å². The van der Waals surface area contributed by atoms with E-state index in [1.165, 1.54) is 24.3 Å². The highest BCUT2D eigenvalue weighted by molar-refractivity contribution is 5.76. The fraction of sp³-hybridized carbons (Fsp3) is 0.409. The Morgan fingerprint density at radius 3 is 2.19 bits per heavy atom. The number of amides is 1. The van der Waals surface area contributed by atoms with Crippen molar-refractivity contribution in [3.8, 4) is 5.75 Å². The second-order valence-electron chi connectivity index (χ2n) is 7.52. The average Bonchev–Trinajstić information content (AvgIpc) is 2.73. The first-order valence-corrected chi connectivity index (χ1v) is 10.0. The number of piperazine rings is 1. The summed E-state index contributed by atoms with van der Waals surface area (Å²) in [5, 5.41) is 0. The van der Waals surface area contributed by atoms with E-state index in [1.54, 1.807) is 24.3 Å². The normalized spacial score (nSPS) is 14.8. The Kier molecular flexibility index (Phi) is 7.37. The molecule has 0 bridgehead atoms. The predicted molar refractivity (Wildman–Crippen MR) is 109 cm³/mol. The van der Waals surface area contributed by atoms with E-state index >= 15 is 0 Å². The summed E-state index contributed by atoms with van der Waals surface area (Å²) in [6.07, 6.45) is -4.34. The van der Waals surface area contributed by atoms with Gasteiger partial charge in [-0.3, -0.25) is 4.79 Å². The molecule has 0 unspecified atom stereocenters. The Hall–Kier alpha value is -2.81. The summed E-state index contributed by atoms with van der Waals surface area (Å²) in [6, 6.07) is 12.1. The van der Waals surface area contributed by atoms with Gasteiger partial charge in [-0.05, 0) is 49.0 Å². The van der Waals surface area contributed by atoms with Crippen LogP contribution in [0.2, 0.25) is 0 Å². The molecule has 1 heterocycles. The minimum atomic E-state index is -4.71. The standard InChI is InChI=1S/C22H25F4N3O2/c1-27(16-17-2-8-20(9-3-17)31-22(24,25)26)11-10-21(30)29-14-12-28(13-15-29)19-6-4-18(23)5-7-19/h2-9H,10-16H2,1H3. The van der Waals surface area contributed by atoms with E-state index in [4.69, 9.17) is 0 Å². The highest BCUT2D eigenvalue weighted by Gasteiger charge is 2.31. The van der Waals surface area contributed by atoms with Gasteiger partial charge in [0.15, 0.2) is 0 Å². The molecule has 0 aromatic heterocycles. The number of rotatable bonds is 7. The van der Waals surface area contributed by atoms with Crippen LogP contribution in [0, 0.1) is 5.82 Å². The first kappa shape index (κ1) is 22.9. The molecule has 1 aliphatic heterocycles. The van der Waals surface area contributed by atoms with Gasteiger partial charge in [0.25, 0.3) is 0 Å². The van der Waals surface area contributed by atoms with Gasteiger partial charge in [0.1, 0.15) is 11.6 Å². The first-order valence-electron chi connectivity index (χ1n) is 10.0. The second kappa shape index (κ2) is 10.00. The van der Waals surface area contributed by atoms with Crippen LogP contribution < -0.4 is 9.64 Å². The molecule has 0 atom stereocenters. The molecule has 1 amide bonds. The molecule has 0 saturated carbocycles. The van der Waals surface area contributed by atoms with E-state index in [0.717, 1.165) is 11.3 Å². The second-order valence-corrected chi connectivity index (χ2v) is 7.52. The number of benzene rings is 2. The zero-order valence-electron chi connectivity index (χ0n) is 17.2. The number of carbonyl (C=O) groups is 1. The Labute approximate surface area is 178 Å². The highest BCUT2D eigenvalue weighted by atomic mass is 19.4. The summed E-state index contributed by atoms with van der Waals surface area (Å²) in [4.78, 5) is 18.4. The van der Waals surface area contributed by atoms with Crippen molar-refractivity contribution < 1.29 is 27.1 Å². The van der Waals surface area contributed by atoms with Crippen LogP contribution in [0.4, 0.5) is 23.2 Å². The van der Waals surface area contributed by atoms with Gasteiger partial charge in [-0.15, -0.1) is 13.2 Å². The first-order chi connectivity index (χ1) is 14.7. The van der Waals surface area contributed by atoms with Crippen molar-refractivity contribution in [3.63, 3.8) is 0 Å². The van der Waals surface area contributed by atoms with Gasteiger partial charge >= 0.3 is 6.36 Å². The summed E-state index contributed by atoms with van der Waals surface area (Å²) < 4.78 is 53.6. The smallest absolute Gasteiger partial charge is 0.406 e. The van der Waals surface area contributed by atoms with Gasteiger partial charge < -0.3 is 19.4 Å². The van der Waals surface area contributed by atoms with Crippen LogP contribution in [0.3, 0.4) is 0 Å². The topological polar surface area (TPSA) is 36.0 Å². The van der Waals surface area contributed by atoms with E-state index in [1.807, 2.05) is 16.8 Å². The van der Waals surface area contributed by atoms with Gasteiger partial charge in [0.05, 0.1) is 0 Å². The summed E-state index contributed by atoms with van der Waals surface area (Å²) in [5.41, 5.74) is 1.78. The maximum absolute atomic E-state index is 13.1. The summed E-state index contributed by atoms with van der Waals surface area (Å²) in [5.74, 6) is -0.458. The fourth-order valence-electron chi connectivity index (χ4n) is 3.50. The summed E-state index contributed by atoms with van der Waals surface area (Å²) in [7, 11) is 1.86. The van der Waals surface area contributed by atoms with E-state index in [0.29, 0.717) is 45.7 Å². The van der Waals surface area contributed by atoms with Crippen molar-refractivity contribution in [1.82, 2.24) is 9.80 Å². The molecular formula is C22H25F4N3O2. The number of anilines is 1. The Morgan fingerprint density at radius 2 is 1.61 bits per heavy atom. The molecule has 2 aromatic rings. The Morgan fingerprint density at radius 1 is 1.00 bits per heavy atom. The average molecular weight is 439 g/mol. The maximum Gasteiger partial charge on any atom is 0.573 e. The highest BCUT2D eigenvalue weighted by Crippen LogP contribution is 2.23. The molecule has 1 aliphatic rings. The van der Waals surface area contributed by atoms with Crippen molar-refractivity contribution in [2.45, 2.75) is 19.3 Å². The van der Waals surface area contributed by atoms with Crippen LogP contribution in [0.15, 0.2) is 48.5 Å². The van der Waals surface area contributed by atoms with Gasteiger partial charge in [0.2, 0.25) is 5.91 Å². The van der Waals surface area contributed by atoms with Gasteiger partial charge in [-0.2, -0.15) is 0 Å². The van der Waals surface area contributed by atoms with Crippen molar-refractivity contribution >= 4 is 11.6 Å². The van der Waals surface area contributed by atoms with E-state index < -0.39 is 6.36 Å². The summed E-state index contributed by atoms with van der Waals surface area (Å²) in [6.45, 7) is 3.66. The van der Waals surface area contributed by atoms with Crippen LogP contribution in [-0.4, -0.2) is 61.8 Å². The van der Waals surface area contributed by atoms with Gasteiger partial charge in [-0.1, -0.05) is 12.1 Å². The lowest BCUT2D eigenvalue weighted by atomic mass is 10.2. The summed E-state index contributed by atoms with van der Waals surface area (Å²) >= 11 is 0. The molecule has 9 heteroatoms. The monoisotopic (exact) mass is 439 g/mol. The zero-order chi connectivity index (χ0) is 22.4. The van der Waals surface area contributed by atoms with Crippen LogP contribution in [0.25, 0.3) is 0 Å². The third-order valence-electron chi connectivity index (χ3n) is 5.14. The minimum Gasteiger partial charge on any atom is -0.406 e. The lowest BCUT2D eigenvalue weighted by molar-refractivity contribution is -0.274. The molecule has 0 radical (unpaired) electrons. The molecule has 5 nitrogen and oxygen atoms in total. The number of hydrogen-bond donors (Lipinski definition) is 0. The molecule has 1 saturated heterocycles. The molecular weight excluding hydrogens is 414 g/mol. The molecule has 2 aromatic carbocycles. The zero-order valence-corrected chi connectivity index (χ0v) is 17.2. The molecule has 168 valence electrons. The number of ether oxygens (including phenoxy) is 1. The number of halogens is 4. The third-order valence-corrected chi connectivity index (χ3v) is 5.14. The van der Waals surface area contributed by atoms with Crippen molar-refractivity contribution in [1.29, 1.82) is 0 Å². The number of carbonyl (C=O) groups excluding carboxylic acids is 1. The molecule has 0 aliphatic carbocycles. The Balaban J connectivity index is 1.40. The minimum absolute atomic E-state index is 0.0690. The predicted octanol–water partition coefficient (Wildman–Crippen LogP) is 3.90. The van der Waals surface area contributed by atoms with Crippen molar-refractivity contribution in [2.24, 2.45) is 0 Å². The number of nitrogens with zero attached hydrogens (tertiary/aromatic N) is 3. The van der Waals surface area contributed by atoms with Gasteiger partial charge in [-0.25, -0.2) is 4.39 Å². The maximum atomic E-state index is 13.1. The largest absolute Gasteiger partial charge is 0.573 e. The molecule has 1 fully saturated rings. The quantitative estimate of drug-likeness (QED) is 0.614.